The van der Waals surface area contributed by atoms with E-state index >= 15 is 0 Å². The van der Waals surface area contributed by atoms with Gasteiger partial charge in [0.05, 0.1) is 19.3 Å². The number of rotatable bonds is 10. The van der Waals surface area contributed by atoms with E-state index < -0.39 is 11.5 Å². The zero-order chi connectivity index (χ0) is 25.7. The smallest absolute Gasteiger partial charge is 0.351 e. The van der Waals surface area contributed by atoms with Crippen molar-refractivity contribution in [2.45, 2.75) is 39.7 Å². The Labute approximate surface area is 210 Å². The lowest BCUT2D eigenvalue weighted by atomic mass is 10.1. The maximum Gasteiger partial charge on any atom is 0.351 e. The number of aromatic nitrogens is 3. The normalized spacial score (nSPS) is 13.9. The Morgan fingerprint density at radius 2 is 1.92 bits per heavy atom. The van der Waals surface area contributed by atoms with Crippen LogP contribution in [0.1, 0.15) is 32.3 Å². The average molecular weight is 493 g/mol. The molecule has 2 aromatic carbocycles. The molecule has 36 heavy (non-hydrogen) atoms. The fourth-order valence-corrected chi connectivity index (χ4v) is 4.40. The van der Waals surface area contributed by atoms with Gasteiger partial charge in [0.2, 0.25) is 0 Å². The minimum atomic E-state index is -0.512. The summed E-state index contributed by atoms with van der Waals surface area (Å²) in [6.07, 6.45) is 6.78. The summed E-state index contributed by atoms with van der Waals surface area (Å²) in [6.45, 7) is 6.85. The fourth-order valence-electron chi connectivity index (χ4n) is 4.40. The Morgan fingerprint density at radius 1 is 1.14 bits per heavy atom. The molecule has 0 N–H and O–H groups in total. The number of nitrogens with zero attached hydrogens (tertiary/aromatic N) is 4. The van der Waals surface area contributed by atoms with E-state index in [1.54, 1.807) is 0 Å². The first kappa shape index (κ1) is 25.6. The Kier molecular flexibility index (Phi) is 8.15. The predicted octanol–water partition coefficient (Wildman–Crippen LogP) is 4.27. The van der Waals surface area contributed by atoms with Crippen LogP contribution in [0, 0.1) is 11.7 Å². The first-order valence-corrected chi connectivity index (χ1v) is 12.4. The molecule has 7 nitrogen and oxygen atoms in total. The predicted molar refractivity (Wildman–Crippen MR) is 138 cm³/mol. The van der Waals surface area contributed by atoms with E-state index in [4.69, 9.17) is 4.74 Å². The zero-order valence-electron chi connectivity index (χ0n) is 21.1. The molecular weight excluding hydrogens is 459 g/mol. The number of ketones is 1. The molecule has 190 valence electrons. The molecule has 0 aliphatic carbocycles. The number of halogens is 1. The molecule has 1 aliphatic rings. The molecule has 0 saturated heterocycles. The van der Waals surface area contributed by atoms with Crippen molar-refractivity contribution in [3.63, 3.8) is 0 Å². The van der Waals surface area contributed by atoms with E-state index in [9.17, 15) is 14.0 Å². The maximum absolute atomic E-state index is 14.0. The Bertz CT molecular complexity index is 1290. The van der Waals surface area contributed by atoms with E-state index in [2.05, 4.69) is 22.2 Å². The van der Waals surface area contributed by atoms with Crippen molar-refractivity contribution < 1.29 is 13.9 Å². The monoisotopic (exact) mass is 492 g/mol. The molecule has 0 unspecified atom stereocenters. The number of Topliss-reactive ketones (excluding diaryl/α,β-unsaturated/α-hetero) is 1. The Morgan fingerprint density at radius 3 is 2.58 bits per heavy atom. The van der Waals surface area contributed by atoms with Crippen LogP contribution in [0.15, 0.2) is 59.4 Å². The number of hydrogen-bond acceptors (Lipinski definition) is 5. The van der Waals surface area contributed by atoms with Crippen LogP contribution in [0.2, 0.25) is 0 Å². The lowest BCUT2D eigenvalue weighted by Gasteiger charge is -2.22. The van der Waals surface area contributed by atoms with Gasteiger partial charge in [-0.25, -0.2) is 9.18 Å². The standard InChI is InChI=1S/C28H33FN4O3/c1-20(2)17-24(34)19-32-27(22-9-12-25(29)26(18-22)36-3)30-33(28(32)35)23-10-7-21(8-11-23)13-16-31-14-5-4-6-15-31/h4-5,7-12,18,20H,6,13-17,19H2,1-3H3. The van der Waals surface area contributed by atoms with E-state index in [1.165, 1.54) is 40.1 Å². The zero-order valence-corrected chi connectivity index (χ0v) is 21.1. The highest BCUT2D eigenvalue weighted by atomic mass is 19.1. The number of carbonyl (C=O) groups excluding carboxylic acids is 1. The van der Waals surface area contributed by atoms with Gasteiger partial charge in [-0.3, -0.25) is 14.3 Å². The minimum Gasteiger partial charge on any atom is -0.494 e. The lowest BCUT2D eigenvalue weighted by molar-refractivity contribution is -0.120. The summed E-state index contributed by atoms with van der Waals surface area (Å²) in [5.41, 5.74) is 1.86. The number of ether oxygens (including phenoxy) is 1. The van der Waals surface area contributed by atoms with Crippen molar-refractivity contribution in [1.29, 1.82) is 0 Å². The van der Waals surface area contributed by atoms with Crippen LogP contribution in [-0.4, -0.2) is 51.8 Å². The highest BCUT2D eigenvalue weighted by Gasteiger charge is 2.20. The van der Waals surface area contributed by atoms with E-state index in [1.807, 2.05) is 38.1 Å². The summed E-state index contributed by atoms with van der Waals surface area (Å²) in [4.78, 5) is 28.5. The second-order valence-electron chi connectivity index (χ2n) is 9.57. The largest absolute Gasteiger partial charge is 0.494 e. The van der Waals surface area contributed by atoms with Crippen LogP contribution in [0.25, 0.3) is 17.1 Å². The molecule has 0 spiro atoms. The lowest BCUT2D eigenvalue weighted by Crippen LogP contribution is -2.29. The molecule has 0 radical (unpaired) electrons. The summed E-state index contributed by atoms with van der Waals surface area (Å²) in [6, 6.07) is 12.0. The minimum absolute atomic E-state index is 0.0445. The van der Waals surface area contributed by atoms with Gasteiger partial charge in [0.15, 0.2) is 23.2 Å². The van der Waals surface area contributed by atoms with Gasteiger partial charge in [-0.15, -0.1) is 5.10 Å². The molecule has 1 aliphatic heterocycles. The van der Waals surface area contributed by atoms with Crippen molar-refractivity contribution in [3.8, 4) is 22.8 Å². The first-order valence-electron chi connectivity index (χ1n) is 12.4. The molecular formula is C28H33FN4O3. The summed E-state index contributed by atoms with van der Waals surface area (Å²) < 4.78 is 21.8. The molecule has 1 aromatic heterocycles. The van der Waals surface area contributed by atoms with Crippen LogP contribution in [0.4, 0.5) is 4.39 Å². The number of hydrogen-bond donors (Lipinski definition) is 0. The SMILES string of the molecule is COc1cc(-c2nn(-c3ccc(CCN4CC=CCC4)cc3)c(=O)n2CC(=O)CC(C)C)ccc1F. The summed E-state index contributed by atoms with van der Waals surface area (Å²) in [5, 5.41) is 4.56. The topological polar surface area (TPSA) is 69.4 Å². The van der Waals surface area contributed by atoms with Crippen molar-refractivity contribution in [1.82, 2.24) is 19.2 Å². The Hall–Kier alpha value is -3.52. The molecule has 0 amide bonds. The van der Waals surface area contributed by atoms with Crippen molar-refractivity contribution in [2.75, 3.05) is 26.7 Å². The highest BCUT2D eigenvalue weighted by Crippen LogP contribution is 2.25. The number of methoxy groups -OCH3 is 1. The molecule has 0 saturated carbocycles. The molecule has 3 aromatic rings. The third-order valence-corrected chi connectivity index (χ3v) is 6.28. The van der Waals surface area contributed by atoms with Crippen LogP contribution >= 0.6 is 0 Å². The van der Waals surface area contributed by atoms with Gasteiger partial charge in [-0.05, 0) is 54.7 Å². The van der Waals surface area contributed by atoms with Crippen LogP contribution in [0.3, 0.4) is 0 Å². The Balaban J connectivity index is 1.64. The van der Waals surface area contributed by atoms with Crippen molar-refractivity contribution in [2.24, 2.45) is 5.92 Å². The van der Waals surface area contributed by atoms with Gasteiger partial charge in [0.1, 0.15) is 0 Å². The summed E-state index contributed by atoms with van der Waals surface area (Å²) in [7, 11) is 1.38. The fraction of sp³-hybridized carbons (Fsp3) is 0.393. The van der Waals surface area contributed by atoms with E-state index in [-0.39, 0.29) is 29.8 Å². The molecule has 8 heteroatoms. The highest BCUT2D eigenvalue weighted by molar-refractivity contribution is 5.79. The molecule has 0 bridgehead atoms. The summed E-state index contributed by atoms with van der Waals surface area (Å²) in [5.74, 6) is -0.0710. The second kappa shape index (κ2) is 11.5. The van der Waals surface area contributed by atoms with Gasteiger partial charge in [0.25, 0.3) is 0 Å². The number of benzene rings is 2. The van der Waals surface area contributed by atoms with Crippen LogP contribution < -0.4 is 10.4 Å². The van der Waals surface area contributed by atoms with Gasteiger partial charge in [0, 0.05) is 31.6 Å². The third kappa shape index (κ3) is 5.99. The van der Waals surface area contributed by atoms with E-state index in [0.717, 1.165) is 32.5 Å². The first-order chi connectivity index (χ1) is 17.4. The van der Waals surface area contributed by atoms with E-state index in [0.29, 0.717) is 17.7 Å². The quantitative estimate of drug-likeness (QED) is 0.396. The van der Waals surface area contributed by atoms with Gasteiger partial charge < -0.3 is 4.74 Å². The van der Waals surface area contributed by atoms with Gasteiger partial charge >= 0.3 is 5.69 Å². The molecule has 2 heterocycles. The van der Waals surface area contributed by atoms with Crippen molar-refractivity contribution >= 4 is 5.78 Å². The van der Waals surface area contributed by atoms with Gasteiger partial charge in [-0.2, -0.15) is 4.68 Å². The average Bonchev–Trinajstić information content (AvgIpc) is 3.19. The molecule has 0 atom stereocenters. The molecule has 0 fully saturated rings. The van der Waals surface area contributed by atoms with Crippen LogP contribution in [0.5, 0.6) is 5.75 Å². The van der Waals surface area contributed by atoms with Crippen molar-refractivity contribution in [3.05, 3.63) is 76.5 Å². The summed E-state index contributed by atoms with van der Waals surface area (Å²) >= 11 is 0. The van der Waals surface area contributed by atoms with Gasteiger partial charge in [-0.1, -0.05) is 38.1 Å². The van der Waals surface area contributed by atoms with Crippen LogP contribution in [-0.2, 0) is 17.8 Å². The number of carbonyl (C=O) groups is 1. The molecule has 4 rings (SSSR count). The second-order valence-corrected chi connectivity index (χ2v) is 9.57. The maximum atomic E-state index is 14.0. The third-order valence-electron chi connectivity index (χ3n) is 6.28.